The third-order valence-electron chi connectivity index (χ3n) is 7.50. The van der Waals surface area contributed by atoms with E-state index < -0.39 is 0 Å². The normalized spacial score (nSPS) is 24.4. The number of likely N-dealkylation sites (tertiary alicyclic amines) is 1. The molecule has 0 spiro atoms. The van der Waals surface area contributed by atoms with Crippen LogP contribution in [-0.2, 0) is 0 Å². The summed E-state index contributed by atoms with van der Waals surface area (Å²) in [4.78, 5) is 15.0. The highest BCUT2D eigenvalue weighted by atomic mass is 35.5. The molecule has 4 heterocycles. The van der Waals surface area contributed by atoms with Gasteiger partial charge in [0, 0.05) is 28.7 Å². The number of anilines is 1. The van der Waals surface area contributed by atoms with E-state index in [4.69, 9.17) is 38.3 Å². The predicted molar refractivity (Wildman–Crippen MR) is 143 cm³/mol. The topological polar surface area (TPSA) is 50.1 Å². The van der Waals surface area contributed by atoms with Gasteiger partial charge in [-0.1, -0.05) is 36.2 Å². The molecule has 2 aliphatic rings. The van der Waals surface area contributed by atoms with E-state index >= 15 is 0 Å². The third-order valence-corrected chi connectivity index (χ3v) is 8.06. The Morgan fingerprint density at radius 1 is 1.12 bits per heavy atom. The molecule has 2 aromatic heterocycles. The molecular formula is C25H33Cl3N6. The molecule has 6 nitrogen and oxygen atoms in total. The lowest BCUT2D eigenvalue weighted by Gasteiger charge is -2.45. The molecule has 5 rings (SSSR count). The number of aromatic nitrogens is 4. The third kappa shape index (κ3) is 4.62. The molecular weight excluding hydrogens is 491 g/mol. The van der Waals surface area contributed by atoms with E-state index in [1.165, 1.54) is 25.9 Å². The van der Waals surface area contributed by atoms with Gasteiger partial charge in [0.2, 0.25) is 0 Å². The molecule has 3 aromatic rings. The van der Waals surface area contributed by atoms with Crippen LogP contribution in [0, 0.1) is 12.8 Å². The van der Waals surface area contributed by atoms with Crippen molar-refractivity contribution in [1.82, 2.24) is 24.6 Å². The maximum absolute atomic E-state index is 6.51. The number of piperidine rings is 1. The average molecular weight is 524 g/mol. The molecule has 184 valence electrons. The second-order valence-electron chi connectivity index (χ2n) is 9.80. The first-order valence-electron chi connectivity index (χ1n) is 12.0. The molecule has 0 bridgehead atoms. The van der Waals surface area contributed by atoms with Gasteiger partial charge in [0.25, 0.3) is 0 Å². The summed E-state index contributed by atoms with van der Waals surface area (Å²) in [5.41, 5.74) is 3.47. The van der Waals surface area contributed by atoms with Crippen LogP contribution >= 0.6 is 35.6 Å². The maximum atomic E-state index is 6.51. The zero-order chi connectivity index (χ0) is 23.3. The summed E-state index contributed by atoms with van der Waals surface area (Å²) < 4.78 is 1.95. The van der Waals surface area contributed by atoms with Crippen LogP contribution in [0.1, 0.15) is 57.3 Å². The predicted octanol–water partition coefficient (Wildman–Crippen LogP) is 6.17. The number of benzene rings is 1. The van der Waals surface area contributed by atoms with Crippen molar-refractivity contribution in [1.29, 1.82) is 0 Å². The van der Waals surface area contributed by atoms with Crippen molar-refractivity contribution >= 4 is 52.6 Å². The lowest BCUT2D eigenvalue weighted by molar-refractivity contribution is 0.143. The highest BCUT2D eigenvalue weighted by Crippen LogP contribution is 2.34. The average Bonchev–Trinajstić information content (AvgIpc) is 3.43. The van der Waals surface area contributed by atoms with Crippen molar-refractivity contribution in [2.75, 3.05) is 24.5 Å². The van der Waals surface area contributed by atoms with Crippen LogP contribution in [0.25, 0.3) is 11.2 Å². The molecule has 0 radical (unpaired) electrons. The highest BCUT2D eigenvalue weighted by Gasteiger charge is 2.36. The molecule has 34 heavy (non-hydrogen) atoms. The molecule has 2 fully saturated rings. The van der Waals surface area contributed by atoms with E-state index in [1.807, 2.05) is 29.9 Å². The second-order valence-corrected chi connectivity index (χ2v) is 10.6. The van der Waals surface area contributed by atoms with Gasteiger partial charge in [0.1, 0.15) is 11.3 Å². The Kier molecular flexibility index (Phi) is 7.63. The minimum atomic E-state index is -0.0900. The van der Waals surface area contributed by atoms with Gasteiger partial charge >= 0.3 is 0 Å². The number of nitrogens with zero attached hydrogens (tertiary/aromatic N) is 6. The molecule has 2 saturated heterocycles. The summed E-state index contributed by atoms with van der Waals surface area (Å²) in [5, 5.41) is 6.05. The second kappa shape index (κ2) is 10.2. The number of hydrogen-bond acceptors (Lipinski definition) is 5. The van der Waals surface area contributed by atoms with Gasteiger partial charge in [-0.2, -0.15) is 5.10 Å². The largest absolute Gasteiger partial charge is 0.352 e. The fourth-order valence-corrected chi connectivity index (χ4v) is 6.21. The van der Waals surface area contributed by atoms with E-state index in [1.54, 1.807) is 6.07 Å². The van der Waals surface area contributed by atoms with Gasteiger partial charge in [-0.3, -0.25) is 4.90 Å². The Morgan fingerprint density at radius 3 is 2.56 bits per heavy atom. The summed E-state index contributed by atoms with van der Waals surface area (Å²) in [6, 6.07) is 6.59. The molecule has 2 aliphatic heterocycles. The number of halogens is 3. The van der Waals surface area contributed by atoms with Gasteiger partial charge in [-0.15, -0.1) is 12.4 Å². The smallest absolute Gasteiger partial charge is 0.179 e. The Morgan fingerprint density at radius 2 is 1.85 bits per heavy atom. The lowest BCUT2D eigenvalue weighted by atomic mass is 9.88. The Balaban J connectivity index is 0.00000274. The molecule has 1 aromatic carbocycles. The van der Waals surface area contributed by atoms with Crippen LogP contribution < -0.4 is 4.90 Å². The number of fused-ring (bicyclic) bond motifs is 1. The van der Waals surface area contributed by atoms with E-state index in [9.17, 15) is 0 Å². The Hall–Kier alpha value is -1.60. The van der Waals surface area contributed by atoms with Crippen LogP contribution in [0.2, 0.25) is 10.0 Å². The van der Waals surface area contributed by atoms with Crippen molar-refractivity contribution in [2.45, 2.75) is 65.1 Å². The van der Waals surface area contributed by atoms with E-state index in [0.29, 0.717) is 28.0 Å². The minimum Gasteiger partial charge on any atom is -0.352 e. The van der Waals surface area contributed by atoms with Crippen LogP contribution in [-0.4, -0.2) is 56.4 Å². The quantitative estimate of drug-likeness (QED) is 0.409. The first-order chi connectivity index (χ1) is 15.8. The van der Waals surface area contributed by atoms with Crippen molar-refractivity contribution in [3.05, 3.63) is 45.7 Å². The first kappa shape index (κ1) is 25.5. The van der Waals surface area contributed by atoms with Gasteiger partial charge < -0.3 is 4.90 Å². The SMILES string of the molecule is Cc1nn([C@H](C)c2ccc(Cl)cc2Cl)c2nc(N3C[C@@H](C)C(N4CCCC4)C[C@@H]3C)cnc12.Cl. The van der Waals surface area contributed by atoms with Gasteiger partial charge in [0.15, 0.2) is 5.65 Å². The summed E-state index contributed by atoms with van der Waals surface area (Å²) in [6.07, 6.45) is 5.75. The highest BCUT2D eigenvalue weighted by molar-refractivity contribution is 6.35. The Bertz CT molecular complexity index is 1160. The van der Waals surface area contributed by atoms with Crippen LogP contribution in [0.4, 0.5) is 5.82 Å². The first-order valence-corrected chi connectivity index (χ1v) is 12.8. The molecule has 1 unspecified atom stereocenters. The molecule has 0 saturated carbocycles. The van der Waals surface area contributed by atoms with Crippen molar-refractivity contribution in [3.63, 3.8) is 0 Å². The zero-order valence-electron chi connectivity index (χ0n) is 20.2. The lowest BCUT2D eigenvalue weighted by Crippen LogP contribution is -2.53. The standard InChI is InChI=1S/C25H32Cl2N6.ClH/c1-15-14-32(16(2)11-22(15)31-9-5-6-10-31)23-13-28-24-17(3)30-33(25(24)29-23)18(4)20-8-7-19(26)12-21(20)27;/h7-8,12-13,15-16,18,22H,5-6,9-11,14H2,1-4H3;1H/t15-,16+,18-,22?;/m1./s1. The van der Waals surface area contributed by atoms with Gasteiger partial charge in [-0.25, -0.2) is 14.6 Å². The molecule has 4 atom stereocenters. The number of aryl methyl sites for hydroxylation is 1. The Labute approximate surface area is 218 Å². The fraction of sp³-hybridized carbons (Fsp3) is 0.560. The van der Waals surface area contributed by atoms with Gasteiger partial charge in [-0.05, 0) is 76.7 Å². The molecule has 0 N–H and O–H groups in total. The van der Waals surface area contributed by atoms with Crippen LogP contribution in [0.3, 0.4) is 0 Å². The van der Waals surface area contributed by atoms with Crippen LogP contribution in [0.15, 0.2) is 24.4 Å². The van der Waals surface area contributed by atoms with Crippen LogP contribution in [0.5, 0.6) is 0 Å². The number of rotatable bonds is 4. The minimum absolute atomic E-state index is 0. The summed E-state index contributed by atoms with van der Waals surface area (Å²) in [6.45, 7) is 12.3. The summed E-state index contributed by atoms with van der Waals surface area (Å²) in [5.74, 6) is 1.52. The fourth-order valence-electron chi connectivity index (χ4n) is 5.64. The van der Waals surface area contributed by atoms with E-state index in [-0.39, 0.29) is 18.4 Å². The van der Waals surface area contributed by atoms with Crippen molar-refractivity contribution < 1.29 is 0 Å². The summed E-state index contributed by atoms with van der Waals surface area (Å²) in [7, 11) is 0. The van der Waals surface area contributed by atoms with Crippen molar-refractivity contribution in [2.24, 2.45) is 5.92 Å². The monoisotopic (exact) mass is 522 g/mol. The zero-order valence-corrected chi connectivity index (χ0v) is 22.5. The number of hydrogen-bond donors (Lipinski definition) is 0. The van der Waals surface area contributed by atoms with Crippen molar-refractivity contribution in [3.8, 4) is 0 Å². The molecule has 9 heteroatoms. The maximum Gasteiger partial charge on any atom is 0.179 e. The van der Waals surface area contributed by atoms with E-state index in [0.717, 1.165) is 41.2 Å². The van der Waals surface area contributed by atoms with E-state index in [2.05, 4.69) is 30.6 Å². The molecule has 0 aliphatic carbocycles. The molecule has 0 amide bonds. The van der Waals surface area contributed by atoms with Gasteiger partial charge in [0.05, 0.1) is 17.9 Å². The summed E-state index contributed by atoms with van der Waals surface area (Å²) >= 11 is 12.6.